The number of rotatable bonds is 5. The van der Waals surface area contributed by atoms with Crippen LogP contribution in [0.3, 0.4) is 0 Å². The van der Waals surface area contributed by atoms with Gasteiger partial charge in [0, 0.05) is 36.5 Å². The molecule has 2 saturated heterocycles. The SMILES string of the molecule is CC(C)NC(=O)C1CCN(C2CCN(C(=O)Cc3[nH]nc4ccccc34)CC2)CC1. The first kappa shape index (κ1) is 20.8. The first-order valence-electron chi connectivity index (χ1n) is 11.3. The Kier molecular flexibility index (Phi) is 6.37. The van der Waals surface area contributed by atoms with Crippen LogP contribution in [0.5, 0.6) is 0 Å². The molecule has 2 aromatic rings. The van der Waals surface area contributed by atoms with E-state index in [0.29, 0.717) is 12.5 Å². The molecular weight excluding hydrogens is 378 g/mol. The average Bonchev–Trinajstić information content (AvgIpc) is 3.16. The molecule has 4 rings (SSSR count). The Labute approximate surface area is 178 Å². The number of aromatic amines is 1. The van der Waals surface area contributed by atoms with Gasteiger partial charge in [-0.25, -0.2) is 0 Å². The molecule has 0 bridgehead atoms. The number of nitrogens with one attached hydrogen (secondary N) is 2. The number of hydrogen-bond acceptors (Lipinski definition) is 4. The van der Waals surface area contributed by atoms with E-state index in [1.165, 1.54) is 0 Å². The topological polar surface area (TPSA) is 81.3 Å². The van der Waals surface area contributed by atoms with Gasteiger partial charge >= 0.3 is 0 Å². The molecule has 1 aromatic carbocycles. The van der Waals surface area contributed by atoms with Crippen molar-refractivity contribution >= 4 is 22.7 Å². The molecule has 2 amide bonds. The fourth-order valence-corrected chi connectivity index (χ4v) is 4.82. The molecule has 2 fully saturated rings. The van der Waals surface area contributed by atoms with Gasteiger partial charge in [-0.05, 0) is 58.7 Å². The zero-order valence-corrected chi connectivity index (χ0v) is 18.1. The van der Waals surface area contributed by atoms with E-state index in [9.17, 15) is 9.59 Å². The Balaban J connectivity index is 1.24. The standard InChI is InChI=1S/C23H33N5O2/c1-16(2)24-23(30)17-7-11-27(12-8-17)18-9-13-28(14-10-18)22(29)15-21-19-5-3-4-6-20(19)25-26-21/h3-6,16-18H,7-15H2,1-2H3,(H,24,30)(H,25,26). The zero-order valence-electron chi connectivity index (χ0n) is 18.1. The number of para-hydroxylation sites is 1. The number of benzene rings is 1. The van der Waals surface area contributed by atoms with Gasteiger partial charge in [0.2, 0.25) is 11.8 Å². The van der Waals surface area contributed by atoms with Crippen molar-refractivity contribution in [1.29, 1.82) is 0 Å². The highest BCUT2D eigenvalue weighted by molar-refractivity contribution is 5.87. The second-order valence-corrected chi connectivity index (χ2v) is 8.98. The monoisotopic (exact) mass is 411 g/mol. The summed E-state index contributed by atoms with van der Waals surface area (Å²) in [5.41, 5.74) is 1.81. The van der Waals surface area contributed by atoms with E-state index >= 15 is 0 Å². The summed E-state index contributed by atoms with van der Waals surface area (Å²) in [5.74, 6) is 0.526. The van der Waals surface area contributed by atoms with Gasteiger partial charge in [0.25, 0.3) is 0 Å². The number of fused-ring (bicyclic) bond motifs is 1. The fourth-order valence-electron chi connectivity index (χ4n) is 4.82. The molecule has 0 aliphatic carbocycles. The van der Waals surface area contributed by atoms with Crippen LogP contribution in [0, 0.1) is 5.92 Å². The third kappa shape index (κ3) is 4.67. The Morgan fingerprint density at radius 2 is 1.80 bits per heavy atom. The van der Waals surface area contributed by atoms with E-state index in [-0.39, 0.29) is 23.8 Å². The van der Waals surface area contributed by atoms with E-state index in [2.05, 4.69) is 20.4 Å². The quantitative estimate of drug-likeness (QED) is 0.791. The van der Waals surface area contributed by atoms with Gasteiger partial charge in [-0.15, -0.1) is 0 Å². The molecule has 1 aromatic heterocycles. The van der Waals surface area contributed by atoms with Gasteiger partial charge < -0.3 is 15.1 Å². The van der Waals surface area contributed by atoms with Crippen molar-refractivity contribution in [3.63, 3.8) is 0 Å². The smallest absolute Gasteiger partial charge is 0.228 e. The number of piperidine rings is 2. The van der Waals surface area contributed by atoms with Crippen molar-refractivity contribution in [3.05, 3.63) is 30.0 Å². The molecule has 7 heteroatoms. The highest BCUT2D eigenvalue weighted by Crippen LogP contribution is 2.25. The lowest BCUT2D eigenvalue weighted by atomic mass is 9.92. The van der Waals surface area contributed by atoms with Crippen LogP contribution in [-0.2, 0) is 16.0 Å². The Hall–Kier alpha value is -2.41. The second-order valence-electron chi connectivity index (χ2n) is 8.98. The molecule has 0 spiro atoms. The molecule has 2 N–H and O–H groups in total. The second kappa shape index (κ2) is 9.16. The van der Waals surface area contributed by atoms with Crippen LogP contribution < -0.4 is 5.32 Å². The normalized spacial score (nSPS) is 19.5. The minimum atomic E-state index is 0.148. The summed E-state index contributed by atoms with van der Waals surface area (Å²) in [6.07, 6.45) is 4.27. The molecule has 7 nitrogen and oxygen atoms in total. The minimum Gasteiger partial charge on any atom is -0.354 e. The highest BCUT2D eigenvalue weighted by Gasteiger charge is 2.31. The summed E-state index contributed by atoms with van der Waals surface area (Å²) in [7, 11) is 0. The molecule has 2 aliphatic rings. The third-order valence-corrected chi connectivity index (χ3v) is 6.53. The fraction of sp³-hybridized carbons (Fsp3) is 0.609. The first-order chi connectivity index (χ1) is 14.5. The number of nitrogens with zero attached hydrogens (tertiary/aromatic N) is 3. The molecule has 0 unspecified atom stereocenters. The zero-order chi connectivity index (χ0) is 21.1. The maximum Gasteiger partial charge on any atom is 0.228 e. The van der Waals surface area contributed by atoms with Crippen molar-refractivity contribution in [2.24, 2.45) is 5.92 Å². The van der Waals surface area contributed by atoms with Crippen LogP contribution in [0.4, 0.5) is 0 Å². The maximum atomic E-state index is 12.8. The predicted molar refractivity (Wildman–Crippen MR) is 117 cm³/mol. The molecule has 2 aliphatic heterocycles. The van der Waals surface area contributed by atoms with Crippen LogP contribution in [0.2, 0.25) is 0 Å². The molecule has 3 heterocycles. The Bertz CT molecular complexity index is 877. The molecular formula is C23H33N5O2. The van der Waals surface area contributed by atoms with E-state index in [4.69, 9.17) is 0 Å². The molecule has 0 atom stereocenters. The van der Waals surface area contributed by atoms with Gasteiger partial charge in [0.15, 0.2) is 0 Å². The molecule has 0 saturated carbocycles. The lowest BCUT2D eigenvalue weighted by Gasteiger charge is -2.41. The van der Waals surface area contributed by atoms with Crippen molar-refractivity contribution in [1.82, 2.24) is 25.3 Å². The number of carbonyl (C=O) groups excluding carboxylic acids is 2. The minimum absolute atomic E-state index is 0.148. The predicted octanol–water partition coefficient (Wildman–Crippen LogP) is 2.33. The summed E-state index contributed by atoms with van der Waals surface area (Å²) in [6, 6.07) is 8.64. The lowest BCUT2D eigenvalue weighted by Crippen LogP contribution is -2.50. The largest absolute Gasteiger partial charge is 0.354 e. The Morgan fingerprint density at radius 3 is 2.50 bits per heavy atom. The van der Waals surface area contributed by atoms with E-state index < -0.39 is 0 Å². The van der Waals surface area contributed by atoms with Gasteiger partial charge in [0.05, 0.1) is 17.6 Å². The maximum absolute atomic E-state index is 12.8. The lowest BCUT2D eigenvalue weighted by molar-refractivity contribution is -0.132. The third-order valence-electron chi connectivity index (χ3n) is 6.53. The Morgan fingerprint density at radius 1 is 1.10 bits per heavy atom. The summed E-state index contributed by atoms with van der Waals surface area (Å²) in [6.45, 7) is 7.60. The number of hydrogen-bond donors (Lipinski definition) is 2. The molecule has 30 heavy (non-hydrogen) atoms. The number of aromatic nitrogens is 2. The van der Waals surface area contributed by atoms with Crippen LogP contribution in [0.1, 0.15) is 45.2 Å². The number of H-pyrrole nitrogens is 1. The molecule has 162 valence electrons. The van der Waals surface area contributed by atoms with Gasteiger partial charge in [-0.2, -0.15) is 5.10 Å². The average molecular weight is 412 g/mol. The van der Waals surface area contributed by atoms with E-state index in [1.54, 1.807) is 0 Å². The van der Waals surface area contributed by atoms with Crippen molar-refractivity contribution in [2.75, 3.05) is 26.2 Å². The van der Waals surface area contributed by atoms with Crippen LogP contribution in [-0.4, -0.2) is 70.1 Å². The summed E-state index contributed by atoms with van der Waals surface area (Å²) >= 11 is 0. The molecule has 0 radical (unpaired) electrons. The summed E-state index contributed by atoms with van der Waals surface area (Å²) in [4.78, 5) is 29.6. The van der Waals surface area contributed by atoms with Gasteiger partial charge in [-0.1, -0.05) is 18.2 Å². The highest BCUT2D eigenvalue weighted by atomic mass is 16.2. The van der Waals surface area contributed by atoms with Gasteiger partial charge in [-0.3, -0.25) is 14.7 Å². The number of amides is 2. The number of carbonyl (C=O) groups is 2. The van der Waals surface area contributed by atoms with Gasteiger partial charge in [0.1, 0.15) is 0 Å². The summed E-state index contributed by atoms with van der Waals surface area (Å²) in [5, 5.41) is 11.4. The van der Waals surface area contributed by atoms with Crippen molar-refractivity contribution in [2.45, 2.75) is 58.0 Å². The van der Waals surface area contributed by atoms with Crippen molar-refractivity contribution < 1.29 is 9.59 Å². The number of likely N-dealkylation sites (tertiary alicyclic amines) is 2. The van der Waals surface area contributed by atoms with Crippen LogP contribution in [0.15, 0.2) is 24.3 Å². The van der Waals surface area contributed by atoms with E-state index in [0.717, 1.165) is 68.5 Å². The van der Waals surface area contributed by atoms with E-state index in [1.807, 2.05) is 43.0 Å². The summed E-state index contributed by atoms with van der Waals surface area (Å²) < 4.78 is 0. The first-order valence-corrected chi connectivity index (χ1v) is 11.3. The van der Waals surface area contributed by atoms with Crippen LogP contribution >= 0.6 is 0 Å². The van der Waals surface area contributed by atoms with Crippen molar-refractivity contribution in [3.8, 4) is 0 Å². The van der Waals surface area contributed by atoms with Crippen LogP contribution in [0.25, 0.3) is 10.9 Å².